The van der Waals surface area contributed by atoms with Gasteiger partial charge in [0, 0.05) is 18.0 Å². The number of nitro benzene ring substituents is 1. The van der Waals surface area contributed by atoms with Gasteiger partial charge in [-0.1, -0.05) is 25.0 Å². The fraction of sp³-hybridized carbons (Fsp3) is 0.559. The summed E-state index contributed by atoms with van der Waals surface area (Å²) in [6.45, 7) is 14.1. The predicted molar refractivity (Wildman–Crippen MR) is 176 cm³/mol. The number of Topliss-reactive ketones (excluding diaryl/α,β-unsaturated/α-hetero) is 1. The number of nitrogens with zero attached hydrogens (tertiary/aromatic N) is 2. The van der Waals surface area contributed by atoms with Crippen LogP contribution in [0.4, 0.5) is 15.3 Å². The second-order valence-corrected chi connectivity index (χ2v) is 13.0. The van der Waals surface area contributed by atoms with Crippen LogP contribution >= 0.6 is 0 Å². The number of alkyl carbamates (subject to hydrolysis) is 1. The van der Waals surface area contributed by atoms with E-state index in [1.165, 1.54) is 0 Å². The quantitative estimate of drug-likeness (QED) is 0.0660. The van der Waals surface area contributed by atoms with Crippen LogP contribution < -0.4 is 10.6 Å². The van der Waals surface area contributed by atoms with E-state index in [2.05, 4.69) is 23.8 Å². The lowest BCUT2D eigenvalue weighted by Crippen LogP contribution is -2.48. The summed E-state index contributed by atoms with van der Waals surface area (Å²) in [6.07, 6.45) is 5.07. The molecule has 2 aliphatic rings. The number of nitrogens with one attached hydrogen (secondary N) is 2. The van der Waals surface area contributed by atoms with Crippen LogP contribution in [0.1, 0.15) is 105 Å². The summed E-state index contributed by atoms with van der Waals surface area (Å²) in [5.74, 6) is -3.67. The van der Waals surface area contributed by atoms with Crippen molar-refractivity contribution in [2.75, 3.05) is 13.2 Å². The molecule has 262 valence electrons. The number of rotatable bonds is 16. The van der Waals surface area contributed by atoms with Gasteiger partial charge in [0.2, 0.25) is 5.91 Å². The Bertz CT molecular complexity index is 1440. The molecule has 3 N–H and O–H groups in total. The SMILES string of the molecule is C=CCCCCC[C@H](NC(=O)OC(C)(C)C)C(=O)c1cc(C(=O)O)cc([C@@H]2CN[C@H](C(=O)N(C(=O)OCC)[C@@H]3CC3C=C)C2)c1[N+](=O)[O-]. The van der Waals surface area contributed by atoms with Crippen molar-refractivity contribution in [1.82, 2.24) is 15.5 Å². The maximum absolute atomic E-state index is 14.1. The lowest BCUT2D eigenvalue weighted by molar-refractivity contribution is -0.386. The number of ether oxygens (including phenoxy) is 2. The first-order valence-electron chi connectivity index (χ1n) is 16.2. The third-order valence-corrected chi connectivity index (χ3v) is 8.25. The second-order valence-electron chi connectivity index (χ2n) is 13.0. The highest BCUT2D eigenvalue weighted by atomic mass is 16.6. The van der Waals surface area contributed by atoms with E-state index in [9.17, 15) is 39.2 Å². The van der Waals surface area contributed by atoms with E-state index < -0.39 is 75.7 Å². The number of carbonyl (C=O) groups is 5. The van der Waals surface area contributed by atoms with Gasteiger partial charge >= 0.3 is 18.2 Å². The molecule has 0 radical (unpaired) electrons. The predicted octanol–water partition coefficient (Wildman–Crippen LogP) is 5.51. The van der Waals surface area contributed by atoms with E-state index in [0.717, 1.165) is 29.9 Å². The molecule has 1 heterocycles. The highest BCUT2D eigenvalue weighted by Gasteiger charge is 2.49. The standard InChI is InChI=1S/C34H46N4O10/c1-7-10-11-12-13-14-25(36-32(43)48-34(4,5)6)29(39)24-16-21(31(41)42)15-23(28(24)38(45)46)22-17-26(35-19-22)30(40)37(33(44)47-9-3)27-18-20(27)8-2/h7-8,15-16,20,22,25-27,35H,1-2,9-14,17-19H2,3-6H3,(H,36,43)(H,41,42)/t20?,22-,25-,26-,27+/m0/s1. The van der Waals surface area contributed by atoms with Gasteiger partial charge in [-0.05, 0) is 77.8 Å². The van der Waals surface area contributed by atoms with Crippen molar-refractivity contribution in [3.63, 3.8) is 0 Å². The van der Waals surface area contributed by atoms with Gasteiger partial charge in [-0.2, -0.15) is 0 Å². The Hall–Kier alpha value is -4.59. The molecule has 2 fully saturated rings. The number of carbonyl (C=O) groups excluding carboxylic acids is 4. The molecule has 0 spiro atoms. The Morgan fingerprint density at radius 1 is 1.17 bits per heavy atom. The van der Waals surface area contributed by atoms with Gasteiger partial charge in [-0.25, -0.2) is 19.3 Å². The molecule has 0 bridgehead atoms. The topological polar surface area (TPSA) is 194 Å². The van der Waals surface area contributed by atoms with E-state index in [1.807, 2.05) is 0 Å². The van der Waals surface area contributed by atoms with Crippen LogP contribution in [-0.4, -0.2) is 81.7 Å². The van der Waals surface area contributed by atoms with Crippen LogP contribution in [0.25, 0.3) is 0 Å². The van der Waals surface area contributed by atoms with Crippen molar-refractivity contribution < 1.29 is 43.5 Å². The summed E-state index contributed by atoms with van der Waals surface area (Å²) in [6, 6.07) is -0.515. The van der Waals surface area contributed by atoms with Gasteiger partial charge < -0.3 is 25.2 Å². The van der Waals surface area contributed by atoms with Gasteiger partial charge in [0.05, 0.1) is 40.8 Å². The summed E-state index contributed by atoms with van der Waals surface area (Å²) in [4.78, 5) is 78.3. The summed E-state index contributed by atoms with van der Waals surface area (Å²) >= 11 is 0. The van der Waals surface area contributed by atoms with E-state index in [4.69, 9.17) is 9.47 Å². The largest absolute Gasteiger partial charge is 0.478 e. The highest BCUT2D eigenvalue weighted by Crippen LogP contribution is 2.40. The Balaban J connectivity index is 1.99. The molecule has 0 aromatic heterocycles. The van der Waals surface area contributed by atoms with Crippen molar-refractivity contribution >= 4 is 35.5 Å². The first-order valence-corrected chi connectivity index (χ1v) is 16.2. The lowest BCUT2D eigenvalue weighted by atomic mass is 9.87. The Labute approximate surface area is 280 Å². The van der Waals surface area contributed by atoms with Crippen molar-refractivity contribution in [3.8, 4) is 0 Å². The van der Waals surface area contributed by atoms with Crippen molar-refractivity contribution in [3.05, 3.63) is 64.2 Å². The van der Waals surface area contributed by atoms with Crippen molar-refractivity contribution in [2.24, 2.45) is 5.92 Å². The second kappa shape index (κ2) is 16.5. The minimum atomic E-state index is -1.42. The molecule has 1 aliphatic heterocycles. The number of carboxylic acid groups (broad SMARTS) is 1. The zero-order valence-electron chi connectivity index (χ0n) is 28.0. The number of hydrogen-bond donors (Lipinski definition) is 3. The fourth-order valence-corrected chi connectivity index (χ4v) is 5.86. The maximum Gasteiger partial charge on any atom is 0.416 e. The molecule has 3 amide bonds. The van der Waals surface area contributed by atoms with Crippen LogP contribution in [0.5, 0.6) is 0 Å². The number of benzene rings is 1. The summed E-state index contributed by atoms with van der Waals surface area (Å²) < 4.78 is 10.5. The van der Waals surface area contributed by atoms with Gasteiger partial charge in [0.15, 0.2) is 5.78 Å². The molecule has 48 heavy (non-hydrogen) atoms. The third-order valence-electron chi connectivity index (χ3n) is 8.25. The number of unbranched alkanes of at least 4 members (excludes halogenated alkanes) is 3. The molecule has 1 aromatic rings. The number of nitro groups is 1. The molecular formula is C34H46N4O10. The number of amides is 3. The molecule has 3 rings (SSSR count). The van der Waals surface area contributed by atoms with E-state index in [-0.39, 0.29) is 43.0 Å². The van der Waals surface area contributed by atoms with Gasteiger partial charge in [0.1, 0.15) is 5.60 Å². The number of imide groups is 1. The smallest absolute Gasteiger partial charge is 0.416 e. The van der Waals surface area contributed by atoms with Crippen LogP contribution in [0.3, 0.4) is 0 Å². The molecule has 5 atom stereocenters. The van der Waals surface area contributed by atoms with Gasteiger partial charge in [0.25, 0.3) is 5.69 Å². The number of allylic oxidation sites excluding steroid dienone is 1. The molecule has 1 unspecified atom stereocenters. The van der Waals surface area contributed by atoms with E-state index >= 15 is 0 Å². The third kappa shape index (κ3) is 9.72. The minimum absolute atomic E-state index is 0.0132. The maximum atomic E-state index is 14.1. The number of aromatic carboxylic acids is 1. The van der Waals surface area contributed by atoms with E-state index in [0.29, 0.717) is 19.3 Å². The lowest BCUT2D eigenvalue weighted by Gasteiger charge is -2.24. The molecule has 14 heteroatoms. The average molecular weight is 671 g/mol. The Morgan fingerprint density at radius 2 is 1.88 bits per heavy atom. The molecule has 1 aliphatic carbocycles. The molecule has 1 saturated carbocycles. The summed E-state index contributed by atoms with van der Waals surface area (Å²) in [5.41, 5.74) is -2.38. The minimum Gasteiger partial charge on any atom is -0.478 e. The Morgan fingerprint density at radius 3 is 2.44 bits per heavy atom. The number of hydrogen-bond acceptors (Lipinski definition) is 10. The van der Waals surface area contributed by atoms with Gasteiger partial charge in [-0.3, -0.25) is 19.7 Å². The number of ketones is 1. The first-order chi connectivity index (χ1) is 22.6. The van der Waals surface area contributed by atoms with Crippen LogP contribution in [-0.2, 0) is 14.3 Å². The zero-order valence-corrected chi connectivity index (χ0v) is 28.0. The van der Waals surface area contributed by atoms with Crippen molar-refractivity contribution in [1.29, 1.82) is 0 Å². The van der Waals surface area contributed by atoms with Gasteiger partial charge in [-0.15, -0.1) is 13.2 Å². The number of carboxylic acids is 1. The first kappa shape index (κ1) is 37.9. The Kier molecular flexibility index (Phi) is 13.0. The summed E-state index contributed by atoms with van der Waals surface area (Å²) in [5, 5.41) is 28.1. The monoisotopic (exact) mass is 670 g/mol. The molecule has 1 saturated heterocycles. The van der Waals surface area contributed by atoms with Crippen molar-refractivity contribution in [2.45, 2.75) is 102 Å². The highest BCUT2D eigenvalue weighted by molar-refractivity contribution is 6.07. The van der Waals surface area contributed by atoms with E-state index in [1.54, 1.807) is 39.8 Å². The van der Waals surface area contributed by atoms with Crippen LogP contribution in [0, 0.1) is 16.0 Å². The fourth-order valence-electron chi connectivity index (χ4n) is 5.86. The normalized spacial score (nSPS) is 20.6. The van der Waals surface area contributed by atoms with Crippen LogP contribution in [0.15, 0.2) is 37.4 Å². The summed E-state index contributed by atoms with van der Waals surface area (Å²) in [7, 11) is 0. The van der Waals surface area contributed by atoms with Crippen LogP contribution in [0.2, 0.25) is 0 Å². The molecular weight excluding hydrogens is 624 g/mol. The molecule has 14 nitrogen and oxygen atoms in total. The average Bonchev–Trinajstić information content (AvgIpc) is 3.60. The zero-order chi connectivity index (χ0) is 35.8. The molecule has 1 aromatic carbocycles.